The van der Waals surface area contributed by atoms with Gasteiger partial charge < -0.3 is 10.0 Å². The Morgan fingerprint density at radius 2 is 2.06 bits per heavy atom. The highest BCUT2D eigenvalue weighted by molar-refractivity contribution is 5.44. The minimum Gasteiger partial charge on any atom is -0.387 e. The van der Waals surface area contributed by atoms with Gasteiger partial charge in [-0.2, -0.15) is 0 Å². The molecule has 0 aliphatic carbocycles. The zero-order valence-corrected chi connectivity index (χ0v) is 10.6. The van der Waals surface area contributed by atoms with E-state index in [1.165, 1.54) is 12.8 Å². The minimum atomic E-state index is -0.493. The molecular formula is C13H22N2O. The van der Waals surface area contributed by atoms with E-state index in [0.29, 0.717) is 6.04 Å². The first kappa shape index (κ1) is 13.0. The van der Waals surface area contributed by atoms with Crippen molar-refractivity contribution in [2.75, 3.05) is 11.9 Å². The smallest absolute Gasteiger partial charge is 0.0931 e. The number of aliphatic hydroxyl groups excluding tert-OH is 1. The molecule has 16 heavy (non-hydrogen) atoms. The Kier molecular flexibility index (Phi) is 4.74. The number of aliphatic hydroxyl groups is 1. The molecule has 0 aromatic carbocycles. The quantitative estimate of drug-likeness (QED) is 0.832. The predicted octanol–water partition coefficient (Wildman–Crippen LogP) is 2.76. The van der Waals surface area contributed by atoms with E-state index in [2.05, 4.69) is 30.8 Å². The van der Waals surface area contributed by atoms with Gasteiger partial charge in [-0.15, -0.1) is 0 Å². The van der Waals surface area contributed by atoms with Gasteiger partial charge in [-0.3, -0.25) is 4.98 Å². The summed E-state index contributed by atoms with van der Waals surface area (Å²) in [4.78, 5) is 6.47. The maximum atomic E-state index is 9.37. The van der Waals surface area contributed by atoms with E-state index in [1.807, 2.05) is 18.3 Å². The topological polar surface area (TPSA) is 36.4 Å². The van der Waals surface area contributed by atoms with E-state index in [1.54, 1.807) is 6.92 Å². The van der Waals surface area contributed by atoms with Gasteiger partial charge >= 0.3 is 0 Å². The molecule has 0 bridgehead atoms. The van der Waals surface area contributed by atoms with Gasteiger partial charge in [0.1, 0.15) is 0 Å². The zero-order valence-electron chi connectivity index (χ0n) is 10.6. The van der Waals surface area contributed by atoms with E-state index in [4.69, 9.17) is 0 Å². The number of hydrogen-bond acceptors (Lipinski definition) is 3. The van der Waals surface area contributed by atoms with Crippen LogP contribution in [0.4, 0.5) is 5.69 Å². The fourth-order valence-corrected chi connectivity index (χ4v) is 1.72. The first-order valence-electron chi connectivity index (χ1n) is 5.93. The van der Waals surface area contributed by atoms with Crippen LogP contribution < -0.4 is 4.90 Å². The molecular weight excluding hydrogens is 200 g/mol. The molecule has 0 radical (unpaired) electrons. The number of nitrogens with zero attached hydrogens (tertiary/aromatic N) is 2. The van der Waals surface area contributed by atoms with Crippen molar-refractivity contribution in [3.63, 3.8) is 0 Å². The van der Waals surface area contributed by atoms with Crippen molar-refractivity contribution >= 4 is 5.69 Å². The van der Waals surface area contributed by atoms with E-state index in [-0.39, 0.29) is 0 Å². The second kappa shape index (κ2) is 5.85. The van der Waals surface area contributed by atoms with Crippen LogP contribution in [-0.2, 0) is 0 Å². The summed E-state index contributed by atoms with van der Waals surface area (Å²) in [5.41, 5.74) is 1.82. The zero-order chi connectivity index (χ0) is 12.1. The Morgan fingerprint density at radius 1 is 1.38 bits per heavy atom. The molecule has 1 N–H and O–H groups in total. The van der Waals surface area contributed by atoms with Crippen LogP contribution in [-0.4, -0.2) is 23.2 Å². The number of aromatic nitrogens is 1. The molecule has 0 aliphatic rings. The van der Waals surface area contributed by atoms with Crippen molar-refractivity contribution in [3.05, 3.63) is 24.0 Å². The van der Waals surface area contributed by atoms with Gasteiger partial charge in [0.25, 0.3) is 0 Å². The van der Waals surface area contributed by atoms with E-state index < -0.39 is 6.10 Å². The molecule has 0 amide bonds. The SMILES string of the molecule is CCCC(C)N(C)c1ccc([C@@H](C)O)nc1. The first-order valence-corrected chi connectivity index (χ1v) is 5.93. The molecule has 1 aromatic rings. The lowest BCUT2D eigenvalue weighted by atomic mass is 10.1. The van der Waals surface area contributed by atoms with Crippen LogP contribution in [0.2, 0.25) is 0 Å². The largest absolute Gasteiger partial charge is 0.387 e. The Hall–Kier alpha value is -1.09. The van der Waals surface area contributed by atoms with Gasteiger partial charge in [0.2, 0.25) is 0 Å². The monoisotopic (exact) mass is 222 g/mol. The van der Waals surface area contributed by atoms with Crippen LogP contribution in [0.15, 0.2) is 18.3 Å². The van der Waals surface area contributed by atoms with Gasteiger partial charge in [-0.1, -0.05) is 13.3 Å². The van der Waals surface area contributed by atoms with Crippen LogP contribution in [0.25, 0.3) is 0 Å². The predicted molar refractivity (Wildman–Crippen MR) is 67.6 cm³/mol. The van der Waals surface area contributed by atoms with Crippen molar-refractivity contribution in [3.8, 4) is 0 Å². The van der Waals surface area contributed by atoms with Crippen molar-refractivity contribution in [2.45, 2.75) is 45.8 Å². The Bertz CT molecular complexity index is 308. The highest BCUT2D eigenvalue weighted by Gasteiger charge is 2.10. The molecule has 1 heterocycles. The summed E-state index contributed by atoms with van der Waals surface area (Å²) in [6.45, 7) is 6.14. The second-order valence-corrected chi connectivity index (χ2v) is 4.37. The Morgan fingerprint density at radius 3 is 2.50 bits per heavy atom. The average Bonchev–Trinajstić information content (AvgIpc) is 2.28. The highest BCUT2D eigenvalue weighted by atomic mass is 16.3. The van der Waals surface area contributed by atoms with Crippen LogP contribution >= 0.6 is 0 Å². The molecule has 0 spiro atoms. The summed E-state index contributed by atoms with van der Waals surface area (Å²) in [6.07, 6.45) is 3.69. The lowest BCUT2D eigenvalue weighted by Gasteiger charge is -2.26. The summed E-state index contributed by atoms with van der Waals surface area (Å²) in [7, 11) is 2.08. The number of hydrogen-bond donors (Lipinski definition) is 1. The molecule has 0 aliphatic heterocycles. The van der Waals surface area contributed by atoms with Gasteiger partial charge in [0.15, 0.2) is 0 Å². The second-order valence-electron chi connectivity index (χ2n) is 4.37. The maximum absolute atomic E-state index is 9.37. The highest BCUT2D eigenvalue weighted by Crippen LogP contribution is 2.18. The molecule has 90 valence electrons. The molecule has 3 nitrogen and oxygen atoms in total. The third-order valence-electron chi connectivity index (χ3n) is 2.97. The fourth-order valence-electron chi connectivity index (χ4n) is 1.72. The third kappa shape index (κ3) is 3.20. The molecule has 1 rings (SSSR count). The Labute approximate surface area is 98.1 Å². The summed E-state index contributed by atoms with van der Waals surface area (Å²) < 4.78 is 0. The van der Waals surface area contributed by atoms with Crippen molar-refractivity contribution in [2.24, 2.45) is 0 Å². The van der Waals surface area contributed by atoms with Crippen molar-refractivity contribution < 1.29 is 5.11 Å². The number of anilines is 1. The van der Waals surface area contributed by atoms with E-state index >= 15 is 0 Å². The lowest BCUT2D eigenvalue weighted by molar-refractivity contribution is 0.194. The van der Waals surface area contributed by atoms with E-state index in [0.717, 1.165) is 11.4 Å². The van der Waals surface area contributed by atoms with Gasteiger partial charge in [-0.05, 0) is 32.4 Å². The molecule has 2 atom stereocenters. The molecule has 0 fully saturated rings. The van der Waals surface area contributed by atoms with Crippen LogP contribution in [0, 0.1) is 0 Å². The van der Waals surface area contributed by atoms with Gasteiger partial charge in [0.05, 0.1) is 23.7 Å². The summed E-state index contributed by atoms with van der Waals surface area (Å²) in [5, 5.41) is 9.37. The summed E-state index contributed by atoms with van der Waals surface area (Å²) >= 11 is 0. The third-order valence-corrected chi connectivity index (χ3v) is 2.97. The summed E-state index contributed by atoms with van der Waals surface area (Å²) in [6, 6.07) is 4.42. The van der Waals surface area contributed by atoms with Crippen LogP contribution in [0.1, 0.15) is 45.4 Å². The molecule has 1 aromatic heterocycles. The van der Waals surface area contributed by atoms with Gasteiger partial charge in [-0.25, -0.2) is 0 Å². The number of rotatable bonds is 5. The normalized spacial score (nSPS) is 14.6. The van der Waals surface area contributed by atoms with E-state index in [9.17, 15) is 5.11 Å². The average molecular weight is 222 g/mol. The first-order chi connectivity index (χ1) is 7.56. The van der Waals surface area contributed by atoms with Gasteiger partial charge in [0, 0.05) is 13.1 Å². The molecule has 1 unspecified atom stereocenters. The lowest BCUT2D eigenvalue weighted by Crippen LogP contribution is -2.28. The molecule has 0 saturated carbocycles. The number of pyridine rings is 1. The molecule has 3 heteroatoms. The minimum absolute atomic E-state index is 0.493. The van der Waals surface area contributed by atoms with Crippen molar-refractivity contribution in [1.82, 2.24) is 4.98 Å². The van der Waals surface area contributed by atoms with Crippen LogP contribution in [0.5, 0.6) is 0 Å². The van der Waals surface area contributed by atoms with Crippen LogP contribution in [0.3, 0.4) is 0 Å². The molecule has 0 saturated heterocycles. The Balaban J connectivity index is 2.73. The maximum Gasteiger partial charge on any atom is 0.0931 e. The van der Waals surface area contributed by atoms with Crippen molar-refractivity contribution in [1.29, 1.82) is 0 Å². The fraction of sp³-hybridized carbons (Fsp3) is 0.615. The standard InChI is InChI=1S/C13H22N2O/c1-5-6-10(2)15(4)12-7-8-13(11(3)16)14-9-12/h7-11,16H,5-6H2,1-4H3/t10?,11-/m1/s1. The summed E-state index contributed by atoms with van der Waals surface area (Å²) in [5.74, 6) is 0.